The highest BCUT2D eigenvalue weighted by atomic mass is 16.7. The Morgan fingerprint density at radius 2 is 2.03 bits per heavy atom. The normalized spacial score (nSPS) is 23.0. The molecule has 3 aliphatic heterocycles. The van der Waals surface area contributed by atoms with Crippen molar-refractivity contribution in [2.24, 2.45) is 5.92 Å². The maximum absolute atomic E-state index is 12.9. The number of likely N-dealkylation sites (tertiary alicyclic amines) is 1. The minimum Gasteiger partial charge on any atom is -0.454 e. The molecule has 0 unspecified atom stereocenters. The Hall–Kier alpha value is -2.32. The fraction of sp³-hybridized carbons (Fsp3) is 0.619. The van der Waals surface area contributed by atoms with E-state index in [0.29, 0.717) is 19.6 Å². The third kappa shape index (κ3) is 4.33. The Morgan fingerprint density at radius 3 is 2.79 bits per heavy atom. The van der Waals surface area contributed by atoms with Gasteiger partial charge in [-0.25, -0.2) is 0 Å². The van der Waals surface area contributed by atoms with Gasteiger partial charge in [-0.1, -0.05) is 0 Å². The van der Waals surface area contributed by atoms with Crippen LogP contribution in [-0.4, -0.2) is 80.9 Å². The van der Waals surface area contributed by atoms with Gasteiger partial charge in [0.25, 0.3) is 0 Å². The summed E-state index contributed by atoms with van der Waals surface area (Å²) >= 11 is 0. The minimum atomic E-state index is -0.225. The molecule has 3 heterocycles. The lowest BCUT2D eigenvalue weighted by Gasteiger charge is -2.33. The van der Waals surface area contributed by atoms with Crippen molar-refractivity contribution in [3.8, 4) is 11.5 Å². The van der Waals surface area contributed by atoms with E-state index in [4.69, 9.17) is 14.2 Å². The smallest absolute Gasteiger partial charge is 0.231 e. The predicted octanol–water partition coefficient (Wildman–Crippen LogP) is -0.474. The molecule has 0 aromatic heterocycles. The molecule has 1 aromatic rings. The number of amides is 2. The van der Waals surface area contributed by atoms with Crippen LogP contribution in [0.1, 0.15) is 18.9 Å². The summed E-state index contributed by atoms with van der Waals surface area (Å²) in [6.45, 7) is 7.44. The number of ether oxygens (including phenoxy) is 3. The maximum Gasteiger partial charge on any atom is 0.231 e. The Bertz CT molecular complexity index is 763. The van der Waals surface area contributed by atoms with Gasteiger partial charge in [0.1, 0.15) is 6.54 Å². The summed E-state index contributed by atoms with van der Waals surface area (Å²) in [5, 5.41) is 0. The highest BCUT2D eigenvalue weighted by Gasteiger charge is 2.39. The molecule has 3 aliphatic rings. The van der Waals surface area contributed by atoms with Crippen molar-refractivity contribution in [2.45, 2.75) is 25.9 Å². The minimum absolute atomic E-state index is 0.00768. The zero-order chi connectivity index (χ0) is 20.4. The maximum atomic E-state index is 12.9. The molecule has 1 N–H and O–H groups in total. The van der Waals surface area contributed by atoms with E-state index in [0.717, 1.165) is 44.2 Å². The molecule has 158 valence electrons. The highest BCUT2D eigenvalue weighted by Crippen LogP contribution is 2.32. The number of methoxy groups -OCH3 is 1. The summed E-state index contributed by atoms with van der Waals surface area (Å²) in [5.41, 5.74) is 1.22. The molecular formula is C21H30N3O5+. The van der Waals surface area contributed by atoms with Gasteiger partial charge in [0.2, 0.25) is 18.6 Å². The van der Waals surface area contributed by atoms with E-state index in [-0.39, 0.29) is 30.6 Å². The van der Waals surface area contributed by atoms with Crippen LogP contribution in [0.3, 0.4) is 0 Å². The molecule has 8 nitrogen and oxygen atoms in total. The zero-order valence-corrected chi connectivity index (χ0v) is 17.2. The number of fused-ring (bicyclic) bond motifs is 1. The molecule has 0 aliphatic carbocycles. The van der Waals surface area contributed by atoms with Crippen LogP contribution in [-0.2, 0) is 20.9 Å². The first-order chi connectivity index (χ1) is 14.0. The van der Waals surface area contributed by atoms with Crippen molar-refractivity contribution >= 4 is 11.8 Å². The number of rotatable bonds is 6. The number of quaternary nitrogens is 1. The van der Waals surface area contributed by atoms with Crippen LogP contribution in [0.15, 0.2) is 18.2 Å². The second-order valence-electron chi connectivity index (χ2n) is 8.19. The molecule has 0 saturated carbocycles. The van der Waals surface area contributed by atoms with Crippen LogP contribution in [0.4, 0.5) is 0 Å². The molecule has 2 fully saturated rings. The molecule has 2 atom stereocenters. The number of hydrogen-bond donors (Lipinski definition) is 1. The number of nitrogens with one attached hydrogen (secondary N) is 1. The van der Waals surface area contributed by atoms with E-state index in [1.165, 1.54) is 10.5 Å². The van der Waals surface area contributed by atoms with Gasteiger partial charge in [0.15, 0.2) is 11.5 Å². The predicted molar refractivity (Wildman–Crippen MR) is 105 cm³/mol. The lowest BCUT2D eigenvalue weighted by Crippen LogP contribution is -3.13. The molecule has 8 heteroatoms. The Morgan fingerprint density at radius 1 is 1.28 bits per heavy atom. The van der Waals surface area contributed by atoms with E-state index in [2.05, 4.69) is 6.07 Å². The van der Waals surface area contributed by atoms with Crippen molar-refractivity contribution in [2.75, 3.05) is 53.2 Å². The molecular weight excluding hydrogens is 374 g/mol. The second-order valence-corrected chi connectivity index (χ2v) is 8.19. The molecule has 4 rings (SSSR count). The number of carbonyl (C=O) groups excluding carboxylic acids is 2. The van der Waals surface area contributed by atoms with Crippen molar-refractivity contribution in [1.29, 1.82) is 0 Å². The van der Waals surface area contributed by atoms with E-state index in [1.54, 1.807) is 12.0 Å². The lowest BCUT2D eigenvalue weighted by molar-refractivity contribution is -0.917. The van der Waals surface area contributed by atoms with Gasteiger partial charge in [-0.3, -0.25) is 9.59 Å². The summed E-state index contributed by atoms with van der Waals surface area (Å²) in [7, 11) is 1.63. The van der Waals surface area contributed by atoms with E-state index in [9.17, 15) is 9.59 Å². The Labute approximate surface area is 171 Å². The van der Waals surface area contributed by atoms with E-state index in [1.807, 2.05) is 24.0 Å². The van der Waals surface area contributed by atoms with Crippen LogP contribution in [0.2, 0.25) is 0 Å². The van der Waals surface area contributed by atoms with Gasteiger partial charge in [-0.15, -0.1) is 0 Å². The number of nitrogens with zero attached hydrogens (tertiary/aromatic N) is 2. The first-order valence-corrected chi connectivity index (χ1v) is 10.3. The highest BCUT2D eigenvalue weighted by molar-refractivity contribution is 5.89. The van der Waals surface area contributed by atoms with Crippen LogP contribution < -0.4 is 14.4 Å². The summed E-state index contributed by atoms with van der Waals surface area (Å²) in [5.74, 6) is 1.57. The molecule has 29 heavy (non-hydrogen) atoms. The standard InChI is InChI=1S/C21H29N3O5/c1-15(13-27-2)24-12-17(10-20(24)25)21(26)23-7-5-22(6-8-23)11-16-3-4-18-19(9-16)29-14-28-18/h3-4,9,15,17H,5-8,10-14H2,1-2H3/p+1/t15-,17-/m1/s1. The summed E-state index contributed by atoms with van der Waals surface area (Å²) in [6, 6.07) is 6.10. The van der Waals surface area contributed by atoms with Crippen molar-refractivity contribution in [3.05, 3.63) is 23.8 Å². The summed E-state index contributed by atoms with van der Waals surface area (Å²) in [6.07, 6.45) is 0.317. The average Bonchev–Trinajstić information content (AvgIpc) is 3.34. The third-order valence-electron chi connectivity index (χ3n) is 6.12. The van der Waals surface area contributed by atoms with Gasteiger partial charge in [0, 0.05) is 25.6 Å². The van der Waals surface area contributed by atoms with E-state index >= 15 is 0 Å². The summed E-state index contributed by atoms with van der Waals surface area (Å²) < 4.78 is 16.0. The van der Waals surface area contributed by atoms with Gasteiger partial charge >= 0.3 is 0 Å². The number of hydrogen-bond acceptors (Lipinski definition) is 5. The van der Waals surface area contributed by atoms with Crippen LogP contribution >= 0.6 is 0 Å². The van der Waals surface area contributed by atoms with Gasteiger partial charge < -0.3 is 28.9 Å². The van der Waals surface area contributed by atoms with Crippen LogP contribution in [0.25, 0.3) is 0 Å². The van der Waals surface area contributed by atoms with Crippen LogP contribution in [0, 0.1) is 5.92 Å². The molecule has 1 aromatic carbocycles. The van der Waals surface area contributed by atoms with Gasteiger partial charge in [0.05, 0.1) is 44.7 Å². The fourth-order valence-electron chi connectivity index (χ4n) is 4.47. The number of benzene rings is 1. The quantitative estimate of drug-likeness (QED) is 0.694. The zero-order valence-electron chi connectivity index (χ0n) is 17.2. The number of carbonyl (C=O) groups is 2. The van der Waals surface area contributed by atoms with Crippen molar-refractivity contribution in [1.82, 2.24) is 9.80 Å². The molecule has 0 radical (unpaired) electrons. The fourth-order valence-corrected chi connectivity index (χ4v) is 4.47. The topological polar surface area (TPSA) is 72.8 Å². The van der Waals surface area contributed by atoms with Crippen molar-refractivity contribution in [3.63, 3.8) is 0 Å². The lowest BCUT2D eigenvalue weighted by atomic mass is 10.1. The van der Waals surface area contributed by atoms with Gasteiger partial charge in [-0.05, 0) is 25.1 Å². The molecule has 0 spiro atoms. The van der Waals surface area contributed by atoms with Crippen molar-refractivity contribution < 1.29 is 28.7 Å². The average molecular weight is 404 g/mol. The second kappa shape index (κ2) is 8.59. The monoisotopic (exact) mass is 404 g/mol. The van der Waals surface area contributed by atoms with E-state index < -0.39 is 0 Å². The largest absolute Gasteiger partial charge is 0.454 e. The Kier molecular flexibility index (Phi) is 5.91. The molecule has 2 saturated heterocycles. The van der Waals surface area contributed by atoms with Crippen LogP contribution in [0.5, 0.6) is 11.5 Å². The molecule has 0 bridgehead atoms. The first-order valence-electron chi connectivity index (χ1n) is 10.3. The number of piperazine rings is 1. The molecule has 2 amide bonds. The third-order valence-corrected chi connectivity index (χ3v) is 6.12. The Balaban J connectivity index is 1.27. The first kappa shape index (κ1) is 20.0. The SMILES string of the molecule is COC[C@@H](C)N1C[C@H](C(=O)N2CC[NH+](Cc3ccc4c(c3)OCO4)CC2)CC1=O. The van der Waals surface area contributed by atoms with Gasteiger partial charge in [-0.2, -0.15) is 0 Å². The summed E-state index contributed by atoms with van der Waals surface area (Å²) in [4.78, 5) is 30.4.